The molecule has 9 N–H and O–H groups in total. The van der Waals surface area contributed by atoms with Gasteiger partial charge in [0.15, 0.2) is 16.9 Å². The van der Waals surface area contributed by atoms with Crippen LogP contribution in [0.4, 0.5) is 52.0 Å². The molecule has 102 heavy (non-hydrogen) atoms. The van der Waals surface area contributed by atoms with Gasteiger partial charge in [-0.2, -0.15) is 28.8 Å². The Morgan fingerprint density at radius 3 is 0.931 bits per heavy atom. The Hall–Kier alpha value is -12.8. The minimum absolute atomic E-state index is 0.0169. The van der Waals surface area contributed by atoms with Gasteiger partial charge in [0.05, 0.1) is 55.0 Å². The van der Waals surface area contributed by atoms with Gasteiger partial charge in [0.25, 0.3) is 34.4 Å². The van der Waals surface area contributed by atoms with Crippen LogP contribution >= 0.6 is 0 Å². The van der Waals surface area contributed by atoms with Gasteiger partial charge in [0.1, 0.15) is 86.1 Å². The van der Waals surface area contributed by atoms with E-state index in [-0.39, 0.29) is 70.8 Å². The fourth-order valence-electron chi connectivity index (χ4n) is 11.8. The first-order chi connectivity index (χ1) is 49.8. The number of fused-ring (bicyclic) bond motifs is 3. The lowest BCUT2D eigenvalue weighted by molar-refractivity contribution is 0.00731. The molecule has 6 atom stereocenters. The highest BCUT2D eigenvalue weighted by Gasteiger charge is 2.36. The molecule has 3 aliphatic carbocycles. The van der Waals surface area contributed by atoms with Crippen molar-refractivity contribution in [2.45, 2.75) is 75.0 Å². The number of carbonyl (C=O) groups is 3. The summed E-state index contributed by atoms with van der Waals surface area (Å²) in [5.74, 6) is 3.69. The van der Waals surface area contributed by atoms with Gasteiger partial charge in [0.2, 0.25) is 0 Å². The maximum absolute atomic E-state index is 13.1. The molecule has 15 rings (SSSR count). The van der Waals surface area contributed by atoms with Crippen molar-refractivity contribution in [2.75, 3.05) is 74.4 Å². The van der Waals surface area contributed by atoms with Crippen molar-refractivity contribution in [3.63, 3.8) is 0 Å². The lowest BCUT2D eigenvalue weighted by atomic mass is 9.89. The molecule has 3 saturated carbocycles. The van der Waals surface area contributed by atoms with E-state index in [2.05, 4.69) is 93.1 Å². The molecule has 1 unspecified atom stereocenters. The second-order valence-corrected chi connectivity index (χ2v) is 23.7. The monoisotopic (exact) mass is 1380 g/mol. The standard InChI is InChI=1S/3C23H24N8O3/c3*1-24-20-12-18(27-16-6-5-11-30(23(16)33)19-7-3-4-10-25-19)29-21-14(13-26-31(20)21)22(32)28-15-8-9-17(15)34-2/h3*3-7,10-13,15,17,24H,8-9H2,1-2H3,(H,27,29)(H,28,32)/t15?,17-;2*15-,17-/m110/s1. The number of ether oxygens (including phenoxy) is 3. The van der Waals surface area contributed by atoms with Gasteiger partial charge in [-0.3, -0.25) is 42.5 Å². The topological polar surface area (TPSA) is 382 Å². The molecule has 3 amide bonds. The largest absolute Gasteiger partial charge is 0.379 e. The van der Waals surface area contributed by atoms with Gasteiger partial charge < -0.3 is 62.1 Å². The number of carbonyl (C=O) groups excluding carboxylic acids is 3. The Bertz CT molecular complexity index is 4700. The second kappa shape index (κ2) is 30.2. The van der Waals surface area contributed by atoms with Crippen LogP contribution in [0, 0.1) is 0 Å². The molecule has 0 bridgehead atoms. The summed E-state index contributed by atoms with van der Waals surface area (Å²) in [6.07, 6.45) is 19.7. The van der Waals surface area contributed by atoms with Gasteiger partial charge >= 0.3 is 0 Å². The Morgan fingerprint density at radius 1 is 0.402 bits per heavy atom. The van der Waals surface area contributed by atoms with Crippen molar-refractivity contribution < 1.29 is 28.6 Å². The zero-order valence-corrected chi connectivity index (χ0v) is 56.2. The average Bonchev–Trinajstić information content (AvgIpc) is 1.61. The minimum Gasteiger partial charge on any atom is -0.379 e. The molecule has 0 aliphatic heterocycles. The number of rotatable bonds is 21. The number of aromatic nitrogens is 15. The molecular formula is C69H72N24O9. The maximum Gasteiger partial charge on any atom is 0.279 e. The van der Waals surface area contributed by atoms with Crippen LogP contribution in [-0.2, 0) is 14.2 Å². The smallest absolute Gasteiger partial charge is 0.279 e. The third-order valence-electron chi connectivity index (χ3n) is 17.7. The fraction of sp³-hybridized carbons (Fsp3) is 0.261. The number of anilines is 9. The van der Waals surface area contributed by atoms with Crippen LogP contribution in [0.1, 0.15) is 69.6 Å². The molecule has 0 aromatic carbocycles. The van der Waals surface area contributed by atoms with Crippen molar-refractivity contribution in [1.29, 1.82) is 0 Å². The average molecular weight is 1380 g/mol. The van der Waals surface area contributed by atoms with Crippen LogP contribution in [0.2, 0.25) is 0 Å². The minimum atomic E-state index is -0.282. The molecule has 12 aromatic rings. The molecule has 0 spiro atoms. The van der Waals surface area contributed by atoms with E-state index in [0.29, 0.717) is 103 Å². The molecular weight excluding hydrogens is 1310 g/mol. The highest BCUT2D eigenvalue weighted by Crippen LogP contribution is 2.29. The first-order valence-electron chi connectivity index (χ1n) is 32.7. The van der Waals surface area contributed by atoms with Crippen molar-refractivity contribution >= 4 is 86.6 Å². The van der Waals surface area contributed by atoms with E-state index < -0.39 is 0 Å². The van der Waals surface area contributed by atoms with E-state index in [9.17, 15) is 28.8 Å². The molecule has 0 radical (unpaired) electrons. The highest BCUT2D eigenvalue weighted by molar-refractivity contribution is 6.02. The number of methoxy groups -OCH3 is 3. The molecule has 33 nitrogen and oxygen atoms in total. The van der Waals surface area contributed by atoms with Crippen molar-refractivity contribution in [3.8, 4) is 17.5 Å². The Kier molecular flexibility index (Phi) is 20.0. The van der Waals surface area contributed by atoms with Gasteiger partial charge in [0, 0.05) is 97.9 Å². The normalized spacial score (nSPS) is 17.2. The quantitative estimate of drug-likeness (QED) is 0.0404. The summed E-state index contributed by atoms with van der Waals surface area (Å²) in [5.41, 5.74) is 2.19. The van der Waals surface area contributed by atoms with Crippen molar-refractivity contribution in [1.82, 2.24) is 88.4 Å². The Balaban J connectivity index is 0.000000137. The van der Waals surface area contributed by atoms with E-state index in [1.165, 1.54) is 32.3 Å². The molecule has 3 aliphatic rings. The van der Waals surface area contributed by atoms with Gasteiger partial charge in [-0.05, 0) is 111 Å². The molecule has 3 fully saturated rings. The Labute approximate surface area is 580 Å². The van der Waals surface area contributed by atoms with Crippen LogP contribution in [0.5, 0.6) is 0 Å². The summed E-state index contributed by atoms with van der Waals surface area (Å²) in [6, 6.07) is 31.3. The van der Waals surface area contributed by atoms with Gasteiger partial charge in [-0.1, -0.05) is 18.2 Å². The SMILES string of the molecule is CNc1cc(Nc2cccn(-c3ccccn3)c2=O)nc2c(C(=O)NC3CC[C@H]3OC)cnn12.CNc1cc(Nc2cccn(-c3ccccn3)c2=O)nc2c(C(=O)N[C@@H]3CC[C@H]3OC)cnn12.CNc1cc(Nc2cccn(-c3ccccn3)c2=O)nc2c(C(=O)N[C@H]3CC[C@@H]3OC)cnn12. The fourth-order valence-corrected chi connectivity index (χ4v) is 11.8. The first kappa shape index (κ1) is 67.8. The van der Waals surface area contributed by atoms with Gasteiger partial charge in [-0.25, -0.2) is 29.9 Å². The van der Waals surface area contributed by atoms with E-state index >= 15 is 0 Å². The highest BCUT2D eigenvalue weighted by atomic mass is 16.5. The third kappa shape index (κ3) is 14.0. The molecule has 0 saturated heterocycles. The lowest BCUT2D eigenvalue weighted by Gasteiger charge is -2.35. The van der Waals surface area contributed by atoms with Crippen LogP contribution < -0.4 is 64.5 Å². The number of amides is 3. The lowest BCUT2D eigenvalue weighted by Crippen LogP contribution is -2.51. The number of nitrogens with zero attached hydrogens (tertiary/aromatic N) is 15. The van der Waals surface area contributed by atoms with E-state index in [1.807, 2.05) is 18.2 Å². The third-order valence-corrected chi connectivity index (χ3v) is 17.7. The molecule has 12 heterocycles. The predicted octanol–water partition coefficient (Wildman–Crippen LogP) is 5.90. The summed E-state index contributed by atoms with van der Waals surface area (Å²) < 4.78 is 25.1. The summed E-state index contributed by atoms with van der Waals surface area (Å²) in [5, 5.41) is 40.3. The molecule has 522 valence electrons. The summed E-state index contributed by atoms with van der Waals surface area (Å²) >= 11 is 0. The zero-order valence-electron chi connectivity index (χ0n) is 56.2. The van der Waals surface area contributed by atoms with E-state index in [4.69, 9.17) is 14.2 Å². The van der Waals surface area contributed by atoms with Crippen LogP contribution in [0.15, 0.2) is 179 Å². The molecule has 12 aromatic heterocycles. The first-order valence-corrected chi connectivity index (χ1v) is 32.7. The van der Waals surface area contributed by atoms with Crippen LogP contribution in [-0.4, -0.2) is 169 Å². The number of hydrogen-bond donors (Lipinski definition) is 9. The zero-order chi connectivity index (χ0) is 71.0. The van der Waals surface area contributed by atoms with E-state index in [1.54, 1.807) is 184 Å². The van der Waals surface area contributed by atoms with Gasteiger partial charge in [-0.15, -0.1) is 0 Å². The molecule has 33 heteroatoms. The number of pyridine rings is 6. The number of nitrogens with one attached hydrogen (secondary N) is 9. The summed E-state index contributed by atoms with van der Waals surface area (Å²) in [4.78, 5) is 105. The van der Waals surface area contributed by atoms with Crippen LogP contribution in [0.3, 0.4) is 0 Å². The maximum atomic E-state index is 13.1. The predicted molar refractivity (Wildman–Crippen MR) is 381 cm³/mol. The summed E-state index contributed by atoms with van der Waals surface area (Å²) in [7, 11) is 10.2. The Morgan fingerprint density at radius 2 is 0.696 bits per heavy atom. The second-order valence-electron chi connectivity index (χ2n) is 23.7. The van der Waals surface area contributed by atoms with E-state index in [0.717, 1.165) is 38.5 Å². The number of hydrogen-bond acceptors (Lipinski definition) is 24. The van der Waals surface area contributed by atoms with Crippen molar-refractivity contribution in [2.24, 2.45) is 0 Å². The van der Waals surface area contributed by atoms with Crippen LogP contribution in [0.25, 0.3) is 34.4 Å². The van der Waals surface area contributed by atoms with Crippen molar-refractivity contribution in [3.05, 3.63) is 213 Å². The summed E-state index contributed by atoms with van der Waals surface area (Å²) in [6.45, 7) is 0.